The molecular formula is C38H34Br2N14. The highest BCUT2D eigenvalue weighted by molar-refractivity contribution is 9.11. The summed E-state index contributed by atoms with van der Waals surface area (Å²) in [5.41, 5.74) is 8.55. The van der Waals surface area contributed by atoms with Crippen molar-refractivity contribution >= 4 is 90.3 Å². The van der Waals surface area contributed by atoms with Gasteiger partial charge in [0.1, 0.15) is 0 Å². The van der Waals surface area contributed by atoms with Gasteiger partial charge in [0.2, 0.25) is 35.7 Å². The lowest BCUT2D eigenvalue weighted by atomic mass is 10.1. The number of hydrogen-bond donors (Lipinski definition) is 6. The number of anilines is 10. The molecule has 0 bridgehead atoms. The fraction of sp³-hybridized carbons (Fsp3) is 0.158. The summed E-state index contributed by atoms with van der Waals surface area (Å²) in [6.07, 6.45) is 0. The number of rotatable bonds is 13. The van der Waals surface area contributed by atoms with Gasteiger partial charge >= 0.3 is 0 Å². The Bertz CT molecular complexity index is 2170. The number of aromatic nitrogens is 6. The molecule has 0 spiro atoms. The third-order valence-electron chi connectivity index (χ3n) is 7.84. The molecule has 14 nitrogen and oxygen atoms in total. The quantitative estimate of drug-likeness (QED) is 0.0602. The smallest absolute Gasteiger partial charge is 0.233 e. The third kappa shape index (κ3) is 9.74. The second-order valence-corrected chi connectivity index (χ2v) is 13.9. The Labute approximate surface area is 329 Å². The molecule has 0 aliphatic rings. The zero-order chi connectivity index (χ0) is 38.2. The molecule has 0 saturated carbocycles. The van der Waals surface area contributed by atoms with Gasteiger partial charge in [0, 0.05) is 39.1 Å². The van der Waals surface area contributed by atoms with E-state index in [1.54, 1.807) is 48.5 Å². The molecule has 2 heterocycles. The fourth-order valence-corrected chi connectivity index (χ4v) is 7.03. The third-order valence-corrected chi connectivity index (χ3v) is 9.09. The second-order valence-electron chi connectivity index (χ2n) is 12.2. The van der Waals surface area contributed by atoms with Crippen LogP contribution in [0, 0.1) is 50.4 Å². The van der Waals surface area contributed by atoms with Crippen LogP contribution in [0.15, 0.2) is 81.7 Å². The molecule has 6 aromatic rings. The van der Waals surface area contributed by atoms with Gasteiger partial charge in [-0.25, -0.2) is 0 Å². The molecule has 0 radical (unpaired) electrons. The molecule has 0 unspecified atom stereocenters. The lowest BCUT2D eigenvalue weighted by Gasteiger charge is -2.15. The predicted molar refractivity (Wildman–Crippen MR) is 219 cm³/mol. The number of aryl methyl sites for hydroxylation is 4. The van der Waals surface area contributed by atoms with E-state index in [2.05, 4.69) is 125 Å². The summed E-state index contributed by atoms with van der Waals surface area (Å²) in [5.74, 6) is 1.91. The number of nitriles is 2. The van der Waals surface area contributed by atoms with Crippen molar-refractivity contribution in [2.75, 3.05) is 45.0 Å². The van der Waals surface area contributed by atoms with Gasteiger partial charge in [0.15, 0.2) is 0 Å². The minimum atomic E-state index is 0.292. The Morgan fingerprint density at radius 3 is 1.24 bits per heavy atom. The molecule has 4 aromatic carbocycles. The first-order valence-corrected chi connectivity index (χ1v) is 18.3. The molecule has 0 atom stereocenters. The molecule has 0 aliphatic heterocycles. The number of nitrogens with zero attached hydrogens (tertiary/aromatic N) is 8. The van der Waals surface area contributed by atoms with Gasteiger partial charge in [0.05, 0.1) is 29.0 Å². The maximum absolute atomic E-state index is 9.21. The van der Waals surface area contributed by atoms with Gasteiger partial charge in [-0.3, -0.25) is 0 Å². The molecular weight excluding hydrogens is 812 g/mol. The highest BCUT2D eigenvalue weighted by atomic mass is 79.9. The maximum atomic E-state index is 9.21. The van der Waals surface area contributed by atoms with E-state index in [4.69, 9.17) is 0 Å². The van der Waals surface area contributed by atoms with Crippen molar-refractivity contribution in [2.24, 2.45) is 0 Å². The molecule has 2 aromatic heterocycles. The van der Waals surface area contributed by atoms with Crippen LogP contribution in [0.1, 0.15) is 33.4 Å². The first kappa shape index (κ1) is 37.4. The molecule has 0 amide bonds. The molecule has 6 rings (SSSR count). The first-order valence-electron chi connectivity index (χ1n) is 16.7. The summed E-state index contributed by atoms with van der Waals surface area (Å²) < 4.78 is 1.67. The van der Waals surface area contributed by atoms with Crippen molar-refractivity contribution in [1.29, 1.82) is 10.5 Å². The van der Waals surface area contributed by atoms with Crippen molar-refractivity contribution in [3.8, 4) is 12.1 Å². The van der Waals surface area contributed by atoms with E-state index >= 15 is 0 Å². The summed E-state index contributed by atoms with van der Waals surface area (Å²) in [5, 5.41) is 38.0. The van der Waals surface area contributed by atoms with E-state index in [1.165, 1.54) is 5.56 Å². The fourth-order valence-electron chi connectivity index (χ4n) is 5.42. The molecule has 270 valence electrons. The van der Waals surface area contributed by atoms with Gasteiger partial charge in [-0.05, 0) is 137 Å². The molecule has 54 heavy (non-hydrogen) atoms. The molecule has 6 N–H and O–H groups in total. The van der Waals surface area contributed by atoms with E-state index in [1.807, 2.05) is 32.9 Å². The van der Waals surface area contributed by atoms with Gasteiger partial charge in [-0.2, -0.15) is 40.4 Å². The number of benzene rings is 4. The molecule has 0 saturated heterocycles. The van der Waals surface area contributed by atoms with E-state index < -0.39 is 0 Å². The Morgan fingerprint density at radius 1 is 0.481 bits per heavy atom. The van der Waals surface area contributed by atoms with Crippen LogP contribution in [0.25, 0.3) is 0 Å². The second kappa shape index (κ2) is 17.0. The topological polar surface area (TPSA) is 197 Å². The number of hydrogen-bond acceptors (Lipinski definition) is 14. The normalized spacial score (nSPS) is 10.5. The van der Waals surface area contributed by atoms with Crippen LogP contribution in [0.5, 0.6) is 0 Å². The van der Waals surface area contributed by atoms with Crippen molar-refractivity contribution < 1.29 is 0 Å². The average Bonchev–Trinajstić information content (AvgIpc) is 3.14. The summed E-state index contributed by atoms with van der Waals surface area (Å²) in [6.45, 7) is 8.92. The lowest BCUT2D eigenvalue weighted by Crippen LogP contribution is -2.18. The first-order chi connectivity index (χ1) is 26.0. The molecule has 0 fully saturated rings. The summed E-state index contributed by atoms with van der Waals surface area (Å²) in [4.78, 5) is 27.7. The maximum Gasteiger partial charge on any atom is 0.233 e. The molecule has 16 heteroatoms. The van der Waals surface area contributed by atoms with Crippen LogP contribution in [-0.4, -0.2) is 43.0 Å². The average molecular weight is 847 g/mol. The summed E-state index contributed by atoms with van der Waals surface area (Å²) in [7, 11) is 0. The Hall–Kier alpha value is -6.36. The minimum absolute atomic E-state index is 0.292. The van der Waals surface area contributed by atoms with Crippen LogP contribution in [0.3, 0.4) is 0 Å². The van der Waals surface area contributed by atoms with E-state index in [0.29, 0.717) is 65.6 Å². The van der Waals surface area contributed by atoms with Crippen molar-refractivity contribution in [3.05, 3.63) is 115 Å². The Balaban J connectivity index is 1.21. The van der Waals surface area contributed by atoms with Crippen molar-refractivity contribution in [3.63, 3.8) is 0 Å². The van der Waals surface area contributed by atoms with Gasteiger partial charge < -0.3 is 31.9 Å². The summed E-state index contributed by atoms with van der Waals surface area (Å²) >= 11 is 7.26. The number of halogens is 2. The van der Waals surface area contributed by atoms with Gasteiger partial charge in [-0.1, -0.05) is 17.7 Å². The van der Waals surface area contributed by atoms with E-state index in [9.17, 15) is 10.5 Å². The Kier molecular flexibility index (Phi) is 11.8. The standard InChI is InChI=1S/C38H34Br2N14/c1-21-15-23(3)31(24(4)16-21)47-37-51-33(49-35(53-37)45-27-9-5-25(19-41)6-10-27)43-13-14-44-34-50-36(46-28-11-7-26(20-42)8-12-28)54-38(52-34)48-32-29(39)17-22(2)18-30(32)40/h5-12,15-18H,13-14H2,1-4H3,(H3,43,45,47,49,51,53)(H3,44,46,48,50,52,54). The summed E-state index contributed by atoms with van der Waals surface area (Å²) in [6, 6.07) is 26.4. The highest BCUT2D eigenvalue weighted by Crippen LogP contribution is 2.34. The largest absolute Gasteiger partial charge is 0.352 e. The van der Waals surface area contributed by atoms with Crippen LogP contribution in [-0.2, 0) is 0 Å². The highest BCUT2D eigenvalue weighted by Gasteiger charge is 2.14. The monoisotopic (exact) mass is 844 g/mol. The predicted octanol–water partition coefficient (Wildman–Crippen LogP) is 9.06. The number of nitrogens with one attached hydrogen (secondary N) is 6. The zero-order valence-corrected chi connectivity index (χ0v) is 32.8. The van der Waals surface area contributed by atoms with Gasteiger partial charge in [0.25, 0.3) is 0 Å². The van der Waals surface area contributed by atoms with Crippen LogP contribution < -0.4 is 31.9 Å². The lowest BCUT2D eigenvalue weighted by molar-refractivity contribution is 0.971. The van der Waals surface area contributed by atoms with Crippen LogP contribution >= 0.6 is 31.9 Å². The van der Waals surface area contributed by atoms with Gasteiger partial charge in [-0.15, -0.1) is 0 Å². The van der Waals surface area contributed by atoms with E-state index in [-0.39, 0.29) is 0 Å². The van der Waals surface area contributed by atoms with E-state index in [0.717, 1.165) is 42.7 Å². The van der Waals surface area contributed by atoms with Crippen molar-refractivity contribution in [2.45, 2.75) is 27.7 Å². The Morgan fingerprint density at radius 2 is 0.833 bits per heavy atom. The minimum Gasteiger partial charge on any atom is -0.352 e. The SMILES string of the molecule is Cc1cc(C)c(Nc2nc(NCCNc3nc(Nc4ccc(C#N)cc4)nc(Nc4c(Br)cc(C)cc4Br)n3)nc(Nc3ccc(C#N)cc3)n2)c(C)c1. The zero-order valence-electron chi connectivity index (χ0n) is 29.7. The van der Waals surface area contributed by atoms with Crippen LogP contribution in [0.2, 0.25) is 0 Å². The molecule has 0 aliphatic carbocycles. The van der Waals surface area contributed by atoms with Crippen LogP contribution in [0.4, 0.5) is 58.4 Å². The van der Waals surface area contributed by atoms with Crippen molar-refractivity contribution in [1.82, 2.24) is 29.9 Å².